The molecule has 0 radical (unpaired) electrons. The number of nitrogens with zero attached hydrogens (tertiary/aromatic N) is 1. The Kier molecular flexibility index (Phi) is 4.09. The van der Waals surface area contributed by atoms with Crippen LogP contribution in [0.4, 0.5) is 0 Å². The van der Waals surface area contributed by atoms with E-state index in [1.165, 1.54) is 6.20 Å². The first kappa shape index (κ1) is 13.5. The summed E-state index contributed by atoms with van der Waals surface area (Å²) in [5.74, 6) is -0.857. The predicted octanol–water partition coefficient (Wildman–Crippen LogP) is 1.19. The number of carbonyl (C=O) groups excluding carboxylic acids is 1. The van der Waals surface area contributed by atoms with Crippen LogP contribution in [-0.2, 0) is 9.53 Å². The molecule has 2 aromatic rings. The molecule has 1 aromatic carbocycles. The minimum absolute atomic E-state index is 0.144. The van der Waals surface area contributed by atoms with Gasteiger partial charge in [-0.15, -0.1) is 0 Å². The molecule has 0 bridgehead atoms. The third kappa shape index (κ3) is 2.72. The molecular formula is C14H15NO4. The van der Waals surface area contributed by atoms with Gasteiger partial charge in [0.25, 0.3) is 0 Å². The summed E-state index contributed by atoms with van der Waals surface area (Å²) in [5.41, 5.74) is 0.263. The molecule has 1 aromatic heterocycles. The van der Waals surface area contributed by atoms with Crippen LogP contribution >= 0.6 is 0 Å². The molecule has 2 unspecified atom stereocenters. The van der Waals surface area contributed by atoms with E-state index in [1.807, 2.05) is 12.1 Å². The number of ether oxygens (including phenoxy) is 1. The second-order valence-corrected chi connectivity index (χ2v) is 4.06. The lowest BCUT2D eigenvalue weighted by molar-refractivity contribution is -0.159. The SMILES string of the molecule is CCOC(=O)C(O)C(O)c1nccc2ccccc12. The van der Waals surface area contributed by atoms with Crippen LogP contribution in [0.25, 0.3) is 10.8 Å². The van der Waals surface area contributed by atoms with Gasteiger partial charge < -0.3 is 14.9 Å². The molecule has 19 heavy (non-hydrogen) atoms. The van der Waals surface area contributed by atoms with Gasteiger partial charge in [-0.1, -0.05) is 24.3 Å². The summed E-state index contributed by atoms with van der Waals surface area (Å²) >= 11 is 0. The number of aliphatic hydroxyl groups is 2. The largest absolute Gasteiger partial charge is 0.464 e. The topological polar surface area (TPSA) is 79.7 Å². The summed E-state index contributed by atoms with van der Waals surface area (Å²) in [7, 11) is 0. The predicted molar refractivity (Wildman–Crippen MR) is 69.3 cm³/mol. The Bertz CT molecular complexity index is 579. The average molecular weight is 261 g/mol. The summed E-state index contributed by atoms with van der Waals surface area (Å²) in [4.78, 5) is 15.5. The highest BCUT2D eigenvalue weighted by Gasteiger charge is 2.29. The molecule has 0 fully saturated rings. The molecule has 0 aliphatic carbocycles. The number of esters is 1. The molecule has 1 heterocycles. The highest BCUT2D eigenvalue weighted by molar-refractivity contribution is 5.85. The highest BCUT2D eigenvalue weighted by atomic mass is 16.5. The van der Waals surface area contributed by atoms with Gasteiger partial charge >= 0.3 is 5.97 Å². The monoisotopic (exact) mass is 261 g/mol. The second-order valence-electron chi connectivity index (χ2n) is 4.06. The van der Waals surface area contributed by atoms with Crippen LogP contribution in [0, 0.1) is 0 Å². The van der Waals surface area contributed by atoms with Crippen molar-refractivity contribution in [2.75, 3.05) is 6.61 Å². The fourth-order valence-electron chi connectivity index (χ4n) is 1.88. The molecule has 5 nitrogen and oxygen atoms in total. The second kappa shape index (κ2) is 5.77. The Hall–Kier alpha value is -1.98. The van der Waals surface area contributed by atoms with Crippen LogP contribution in [0.1, 0.15) is 18.7 Å². The van der Waals surface area contributed by atoms with E-state index in [-0.39, 0.29) is 12.3 Å². The third-order valence-corrected chi connectivity index (χ3v) is 2.81. The molecule has 2 N–H and O–H groups in total. The van der Waals surface area contributed by atoms with E-state index in [2.05, 4.69) is 9.72 Å². The fourth-order valence-corrected chi connectivity index (χ4v) is 1.88. The standard InChI is InChI=1S/C14H15NO4/c1-2-19-14(18)13(17)12(16)11-10-6-4-3-5-9(10)7-8-15-11/h3-8,12-13,16-17H,2H2,1H3. The van der Waals surface area contributed by atoms with Crippen molar-refractivity contribution < 1.29 is 19.7 Å². The van der Waals surface area contributed by atoms with Gasteiger partial charge in [0.1, 0.15) is 6.10 Å². The lowest BCUT2D eigenvalue weighted by Crippen LogP contribution is -2.30. The molecule has 100 valence electrons. The third-order valence-electron chi connectivity index (χ3n) is 2.81. The number of aromatic nitrogens is 1. The molecule has 0 saturated heterocycles. The summed E-state index contributed by atoms with van der Waals surface area (Å²) < 4.78 is 4.68. The molecule has 0 amide bonds. The van der Waals surface area contributed by atoms with Crippen molar-refractivity contribution in [3.05, 3.63) is 42.2 Å². The van der Waals surface area contributed by atoms with Crippen molar-refractivity contribution in [1.29, 1.82) is 0 Å². The number of hydrogen-bond acceptors (Lipinski definition) is 5. The van der Waals surface area contributed by atoms with Crippen molar-refractivity contribution in [2.24, 2.45) is 0 Å². The molecule has 5 heteroatoms. The van der Waals surface area contributed by atoms with Crippen molar-refractivity contribution >= 4 is 16.7 Å². The number of hydrogen-bond donors (Lipinski definition) is 2. The van der Waals surface area contributed by atoms with Gasteiger partial charge in [-0.2, -0.15) is 0 Å². The number of pyridine rings is 1. The molecule has 0 aliphatic heterocycles. The molecule has 0 aliphatic rings. The van der Waals surface area contributed by atoms with E-state index in [9.17, 15) is 15.0 Å². The van der Waals surface area contributed by atoms with E-state index in [1.54, 1.807) is 25.1 Å². The summed E-state index contributed by atoms with van der Waals surface area (Å²) in [6.45, 7) is 1.78. The number of carbonyl (C=O) groups is 1. The van der Waals surface area contributed by atoms with E-state index in [0.717, 1.165) is 5.39 Å². The minimum Gasteiger partial charge on any atom is -0.464 e. The fraction of sp³-hybridized carbons (Fsp3) is 0.286. The van der Waals surface area contributed by atoms with Gasteiger partial charge in [0.2, 0.25) is 0 Å². The maximum atomic E-state index is 11.4. The summed E-state index contributed by atoms with van der Waals surface area (Å²) in [5, 5.41) is 21.4. The number of benzene rings is 1. The zero-order valence-electron chi connectivity index (χ0n) is 10.5. The first-order valence-corrected chi connectivity index (χ1v) is 6.01. The van der Waals surface area contributed by atoms with E-state index >= 15 is 0 Å². The minimum atomic E-state index is -1.64. The van der Waals surface area contributed by atoms with Gasteiger partial charge in [-0.3, -0.25) is 4.98 Å². The van der Waals surface area contributed by atoms with Crippen molar-refractivity contribution in [3.8, 4) is 0 Å². The zero-order chi connectivity index (χ0) is 13.8. The van der Waals surface area contributed by atoms with Gasteiger partial charge in [0.05, 0.1) is 12.3 Å². The van der Waals surface area contributed by atoms with Crippen LogP contribution in [-0.4, -0.2) is 33.9 Å². The average Bonchev–Trinajstić information content (AvgIpc) is 2.45. The Morgan fingerprint density at radius 2 is 2.05 bits per heavy atom. The highest BCUT2D eigenvalue weighted by Crippen LogP contribution is 2.24. The van der Waals surface area contributed by atoms with Crippen molar-refractivity contribution in [1.82, 2.24) is 4.98 Å². The molecule has 2 rings (SSSR count). The normalized spacial score (nSPS) is 14.1. The summed E-state index contributed by atoms with van der Waals surface area (Å²) in [6, 6.07) is 9.10. The maximum absolute atomic E-state index is 11.4. The van der Waals surface area contributed by atoms with E-state index in [0.29, 0.717) is 5.39 Å². The first-order valence-electron chi connectivity index (χ1n) is 6.01. The molecular weight excluding hydrogens is 246 g/mol. The Morgan fingerprint density at radius 1 is 1.32 bits per heavy atom. The van der Waals surface area contributed by atoms with Crippen molar-refractivity contribution in [2.45, 2.75) is 19.1 Å². The Balaban J connectivity index is 2.36. The number of fused-ring (bicyclic) bond motifs is 1. The lowest BCUT2D eigenvalue weighted by atomic mass is 10.0. The lowest BCUT2D eigenvalue weighted by Gasteiger charge is -2.17. The molecule has 0 saturated carbocycles. The quantitative estimate of drug-likeness (QED) is 0.808. The van der Waals surface area contributed by atoms with Gasteiger partial charge in [-0.05, 0) is 18.4 Å². The molecule has 2 atom stereocenters. The van der Waals surface area contributed by atoms with Crippen LogP contribution in [0.2, 0.25) is 0 Å². The van der Waals surface area contributed by atoms with Crippen LogP contribution in [0.5, 0.6) is 0 Å². The van der Waals surface area contributed by atoms with Gasteiger partial charge in [-0.25, -0.2) is 4.79 Å². The van der Waals surface area contributed by atoms with Gasteiger partial charge in [0.15, 0.2) is 6.10 Å². The van der Waals surface area contributed by atoms with E-state index in [4.69, 9.17) is 0 Å². The molecule has 0 spiro atoms. The first-order chi connectivity index (χ1) is 9.15. The number of rotatable bonds is 4. The van der Waals surface area contributed by atoms with Crippen LogP contribution in [0.15, 0.2) is 36.5 Å². The van der Waals surface area contributed by atoms with Crippen LogP contribution in [0.3, 0.4) is 0 Å². The van der Waals surface area contributed by atoms with Crippen molar-refractivity contribution in [3.63, 3.8) is 0 Å². The zero-order valence-corrected chi connectivity index (χ0v) is 10.5. The maximum Gasteiger partial charge on any atom is 0.338 e. The van der Waals surface area contributed by atoms with Crippen LogP contribution < -0.4 is 0 Å². The number of aliphatic hydroxyl groups excluding tert-OH is 2. The van der Waals surface area contributed by atoms with Gasteiger partial charge in [0, 0.05) is 11.6 Å². The summed E-state index contributed by atoms with van der Waals surface area (Å²) in [6.07, 6.45) is -1.53. The Labute approximate surface area is 110 Å². The smallest absolute Gasteiger partial charge is 0.338 e. The van der Waals surface area contributed by atoms with E-state index < -0.39 is 18.2 Å². The Morgan fingerprint density at radius 3 is 2.79 bits per heavy atom.